The number of fused-ring (bicyclic) bond motifs is 5. The first-order chi connectivity index (χ1) is 13.3. The van der Waals surface area contributed by atoms with E-state index < -0.39 is 6.10 Å². The summed E-state index contributed by atoms with van der Waals surface area (Å²) in [5.74, 6) is 2.03. The highest BCUT2D eigenvalue weighted by molar-refractivity contribution is 5.73. The zero-order chi connectivity index (χ0) is 20.3. The molecule has 4 fully saturated rings. The largest absolute Gasteiger partial charge is 0.469 e. The zero-order valence-corrected chi connectivity index (χ0v) is 18.0. The maximum absolute atomic E-state index is 12.5. The Morgan fingerprint density at radius 2 is 1.89 bits per heavy atom. The molecule has 0 heterocycles. The molecule has 10 atom stereocenters. The molecule has 0 radical (unpaired) electrons. The summed E-state index contributed by atoms with van der Waals surface area (Å²) in [6.07, 6.45) is 6.64. The fourth-order valence-electron chi connectivity index (χ4n) is 8.45. The molecule has 5 heteroatoms. The molecule has 4 aliphatic carbocycles. The maximum Gasteiger partial charge on any atom is 0.309 e. The molecule has 0 spiro atoms. The highest BCUT2D eigenvalue weighted by Crippen LogP contribution is 2.67. The Labute approximate surface area is 169 Å². The third-order valence-electron chi connectivity index (χ3n) is 9.53. The van der Waals surface area contributed by atoms with Crippen LogP contribution in [0.2, 0.25) is 0 Å². The molecule has 0 aliphatic heterocycles. The Kier molecular flexibility index (Phi) is 5.33. The van der Waals surface area contributed by atoms with Gasteiger partial charge in [-0.3, -0.25) is 4.79 Å². The standard InChI is InChI=1S/C23H39NO4/c1-5-28-19-10-13-6-7-14-15-8-9-16(21(26)27-4)23(15,3)11-17(24)20(14)22(13,2)12-18(19)25/h13-20,25H,5-12,24H2,1-4H3/t13-,14-,15-,16+,17+,18-,19-,20+,22-,23-/m0/s1. The van der Waals surface area contributed by atoms with E-state index in [1.165, 1.54) is 20.0 Å². The minimum Gasteiger partial charge on any atom is -0.469 e. The molecule has 0 unspecified atom stereocenters. The van der Waals surface area contributed by atoms with Gasteiger partial charge in [0.05, 0.1) is 25.2 Å². The van der Waals surface area contributed by atoms with Crippen LogP contribution in [0.3, 0.4) is 0 Å². The van der Waals surface area contributed by atoms with Crippen LogP contribution in [-0.2, 0) is 14.3 Å². The first-order valence-electron chi connectivity index (χ1n) is 11.4. The van der Waals surface area contributed by atoms with Crippen LogP contribution in [0.25, 0.3) is 0 Å². The van der Waals surface area contributed by atoms with Crippen molar-refractivity contribution in [2.45, 2.75) is 84.0 Å². The van der Waals surface area contributed by atoms with Gasteiger partial charge in [0.15, 0.2) is 0 Å². The predicted octanol–water partition coefficient (Wildman–Crippen LogP) is 3.13. The summed E-state index contributed by atoms with van der Waals surface area (Å²) in [5.41, 5.74) is 6.93. The number of carbonyl (C=O) groups is 1. The van der Waals surface area contributed by atoms with Crippen LogP contribution in [-0.4, -0.2) is 43.0 Å². The van der Waals surface area contributed by atoms with E-state index in [-0.39, 0.29) is 34.9 Å². The molecule has 28 heavy (non-hydrogen) atoms. The second-order valence-corrected chi connectivity index (χ2v) is 10.6. The molecule has 0 aromatic rings. The van der Waals surface area contributed by atoms with E-state index in [0.29, 0.717) is 30.3 Å². The van der Waals surface area contributed by atoms with Crippen molar-refractivity contribution >= 4 is 5.97 Å². The number of aliphatic hydroxyl groups excluding tert-OH is 1. The van der Waals surface area contributed by atoms with E-state index in [1.54, 1.807) is 0 Å². The Morgan fingerprint density at radius 3 is 2.57 bits per heavy atom. The van der Waals surface area contributed by atoms with Gasteiger partial charge in [0, 0.05) is 12.6 Å². The summed E-state index contributed by atoms with van der Waals surface area (Å²) in [5, 5.41) is 10.8. The maximum atomic E-state index is 12.5. The highest BCUT2D eigenvalue weighted by atomic mass is 16.5. The Morgan fingerprint density at radius 1 is 1.14 bits per heavy atom. The van der Waals surface area contributed by atoms with Crippen molar-refractivity contribution in [2.24, 2.45) is 46.2 Å². The van der Waals surface area contributed by atoms with E-state index in [1.807, 2.05) is 6.92 Å². The van der Waals surface area contributed by atoms with Gasteiger partial charge in [0.25, 0.3) is 0 Å². The van der Waals surface area contributed by atoms with Crippen molar-refractivity contribution in [3.63, 3.8) is 0 Å². The van der Waals surface area contributed by atoms with Gasteiger partial charge in [-0.2, -0.15) is 0 Å². The van der Waals surface area contributed by atoms with Gasteiger partial charge < -0.3 is 20.3 Å². The lowest BCUT2D eigenvalue weighted by Crippen LogP contribution is -2.63. The molecule has 4 rings (SSSR count). The number of esters is 1. The molecule has 3 N–H and O–H groups in total. The van der Waals surface area contributed by atoms with Crippen molar-refractivity contribution in [3.8, 4) is 0 Å². The molecular formula is C23H39NO4. The monoisotopic (exact) mass is 393 g/mol. The van der Waals surface area contributed by atoms with Crippen LogP contribution >= 0.6 is 0 Å². The number of rotatable bonds is 3. The van der Waals surface area contributed by atoms with Crippen LogP contribution in [0.15, 0.2) is 0 Å². The number of carbonyl (C=O) groups excluding carboxylic acids is 1. The molecule has 0 bridgehead atoms. The van der Waals surface area contributed by atoms with Crippen molar-refractivity contribution in [2.75, 3.05) is 13.7 Å². The topological polar surface area (TPSA) is 81.8 Å². The fourth-order valence-corrected chi connectivity index (χ4v) is 8.45. The minimum atomic E-state index is -0.396. The highest BCUT2D eigenvalue weighted by Gasteiger charge is 2.64. The van der Waals surface area contributed by atoms with Gasteiger partial charge >= 0.3 is 5.97 Å². The molecule has 5 nitrogen and oxygen atoms in total. The van der Waals surface area contributed by atoms with Crippen molar-refractivity contribution in [1.29, 1.82) is 0 Å². The van der Waals surface area contributed by atoms with E-state index in [9.17, 15) is 9.90 Å². The van der Waals surface area contributed by atoms with Crippen LogP contribution in [0.1, 0.15) is 65.7 Å². The van der Waals surface area contributed by atoms with Gasteiger partial charge in [-0.25, -0.2) is 0 Å². The summed E-state index contributed by atoms with van der Waals surface area (Å²) < 4.78 is 11.0. The number of hydrogen-bond donors (Lipinski definition) is 2. The van der Waals surface area contributed by atoms with E-state index in [2.05, 4.69) is 13.8 Å². The van der Waals surface area contributed by atoms with Gasteiger partial charge in [0.1, 0.15) is 0 Å². The Bertz CT molecular complexity index is 611. The Balaban J connectivity index is 1.62. The van der Waals surface area contributed by atoms with Crippen LogP contribution < -0.4 is 5.73 Å². The lowest BCUT2D eigenvalue weighted by Gasteiger charge is -2.63. The number of methoxy groups -OCH3 is 1. The molecule has 0 aromatic carbocycles. The lowest BCUT2D eigenvalue weighted by atomic mass is 9.43. The van der Waals surface area contributed by atoms with Crippen LogP contribution in [0, 0.1) is 40.4 Å². The summed E-state index contributed by atoms with van der Waals surface area (Å²) in [6, 6.07) is 0.0835. The molecule has 4 saturated carbocycles. The normalized spacial score (nSPS) is 53.1. The first-order valence-corrected chi connectivity index (χ1v) is 11.4. The third-order valence-corrected chi connectivity index (χ3v) is 9.53. The van der Waals surface area contributed by atoms with Crippen LogP contribution in [0.5, 0.6) is 0 Å². The van der Waals surface area contributed by atoms with E-state index in [4.69, 9.17) is 15.2 Å². The number of aliphatic hydroxyl groups is 1. The molecule has 0 amide bonds. The van der Waals surface area contributed by atoms with E-state index in [0.717, 1.165) is 32.1 Å². The fraction of sp³-hybridized carbons (Fsp3) is 0.957. The summed E-state index contributed by atoms with van der Waals surface area (Å²) in [4.78, 5) is 12.5. The van der Waals surface area contributed by atoms with Crippen molar-refractivity contribution in [1.82, 2.24) is 0 Å². The average Bonchev–Trinajstić information content (AvgIpc) is 2.98. The van der Waals surface area contributed by atoms with Gasteiger partial charge in [-0.15, -0.1) is 0 Å². The second kappa shape index (κ2) is 7.24. The molecule has 0 saturated heterocycles. The quantitative estimate of drug-likeness (QED) is 0.720. The summed E-state index contributed by atoms with van der Waals surface area (Å²) >= 11 is 0. The number of hydrogen-bond acceptors (Lipinski definition) is 5. The smallest absolute Gasteiger partial charge is 0.309 e. The summed E-state index contributed by atoms with van der Waals surface area (Å²) in [6.45, 7) is 7.34. The lowest BCUT2D eigenvalue weighted by molar-refractivity contribution is -0.178. The van der Waals surface area contributed by atoms with Crippen LogP contribution in [0.4, 0.5) is 0 Å². The SMILES string of the molecule is CCO[C@H]1C[C@@H]2CC[C@@H]3[C@H]([C@H](N)C[C@]4(C)[C@@H](C(=O)OC)CC[C@@H]34)[C@@]2(C)C[C@@H]1O. The third kappa shape index (κ3) is 2.87. The molecule has 4 aliphatic rings. The second-order valence-electron chi connectivity index (χ2n) is 10.6. The van der Waals surface area contributed by atoms with E-state index >= 15 is 0 Å². The molecular weight excluding hydrogens is 354 g/mol. The van der Waals surface area contributed by atoms with Gasteiger partial charge in [-0.05, 0) is 86.4 Å². The number of ether oxygens (including phenoxy) is 2. The van der Waals surface area contributed by atoms with Gasteiger partial charge in [0.2, 0.25) is 0 Å². The Hall–Kier alpha value is -0.650. The van der Waals surface area contributed by atoms with Crippen molar-refractivity contribution in [3.05, 3.63) is 0 Å². The molecule has 160 valence electrons. The minimum absolute atomic E-state index is 0.0145. The van der Waals surface area contributed by atoms with Crippen molar-refractivity contribution < 1.29 is 19.4 Å². The first kappa shape index (κ1) is 20.6. The average molecular weight is 394 g/mol. The van der Waals surface area contributed by atoms with Gasteiger partial charge in [-0.1, -0.05) is 13.8 Å². The number of nitrogens with two attached hydrogens (primary N) is 1. The summed E-state index contributed by atoms with van der Waals surface area (Å²) in [7, 11) is 1.51. The molecule has 0 aromatic heterocycles. The predicted molar refractivity (Wildman–Crippen MR) is 107 cm³/mol. The zero-order valence-electron chi connectivity index (χ0n) is 18.0.